The Morgan fingerprint density at radius 3 is 1.77 bits per heavy atom. The Balaban J connectivity index is 1.59. The fourth-order valence-electron chi connectivity index (χ4n) is 6.70. The zero-order valence-electron chi connectivity index (χ0n) is 23.1. The van der Waals surface area contributed by atoms with Gasteiger partial charge in [0.05, 0.1) is 11.1 Å². The molecule has 216 valence electrons. The lowest BCUT2D eigenvalue weighted by atomic mass is 9.76. The highest BCUT2D eigenvalue weighted by Crippen LogP contribution is 2.59. The molecule has 0 saturated carbocycles. The molecule has 7 heteroatoms. The molecule has 5 aromatic carbocycles. The third-order valence-corrected chi connectivity index (χ3v) is 8.69. The molecule has 0 radical (unpaired) electrons. The van der Waals surface area contributed by atoms with Crippen molar-refractivity contribution < 1.29 is 31.1 Å². The predicted molar refractivity (Wildman–Crippen MR) is 155 cm³/mol. The molecule has 0 aromatic heterocycles. The SMILES string of the molecule is CC1(C)c2ccc(C(F)(F)F)cc2-c2c1c1c(c3ccc(C(F)(F)F)cc23)OC(c2ccccc2)(c2ccccc2)C=C1. The van der Waals surface area contributed by atoms with E-state index in [-0.39, 0.29) is 10.9 Å². The van der Waals surface area contributed by atoms with Crippen molar-refractivity contribution in [1.29, 1.82) is 0 Å². The summed E-state index contributed by atoms with van der Waals surface area (Å²) in [6.45, 7) is 3.77. The van der Waals surface area contributed by atoms with Crippen LogP contribution in [0.25, 0.3) is 28.0 Å². The summed E-state index contributed by atoms with van der Waals surface area (Å²) in [5.74, 6) is 0.384. The first-order valence-electron chi connectivity index (χ1n) is 13.8. The lowest BCUT2D eigenvalue weighted by molar-refractivity contribution is -0.138. The molecule has 0 bridgehead atoms. The lowest BCUT2D eigenvalue weighted by Crippen LogP contribution is -2.35. The second-order valence-corrected chi connectivity index (χ2v) is 11.5. The number of rotatable bonds is 2. The fraction of sp³-hybridized carbons (Fsp3) is 0.167. The van der Waals surface area contributed by atoms with E-state index in [9.17, 15) is 26.3 Å². The zero-order chi connectivity index (χ0) is 30.4. The van der Waals surface area contributed by atoms with Crippen molar-refractivity contribution in [3.8, 4) is 16.9 Å². The molecule has 1 aliphatic heterocycles. The van der Waals surface area contributed by atoms with Crippen LogP contribution in [0.3, 0.4) is 0 Å². The molecule has 2 aliphatic rings. The van der Waals surface area contributed by atoms with E-state index in [0.29, 0.717) is 33.4 Å². The third kappa shape index (κ3) is 4.01. The van der Waals surface area contributed by atoms with E-state index in [2.05, 4.69) is 0 Å². The lowest BCUT2D eigenvalue weighted by Gasteiger charge is -2.38. The van der Waals surface area contributed by atoms with Crippen molar-refractivity contribution in [3.63, 3.8) is 0 Å². The average molecular weight is 587 g/mol. The summed E-state index contributed by atoms with van der Waals surface area (Å²) in [5, 5.41) is 0.587. The summed E-state index contributed by atoms with van der Waals surface area (Å²) in [6.07, 6.45) is -5.43. The maximum atomic E-state index is 14.0. The largest absolute Gasteiger partial charge is 0.472 e. The summed E-state index contributed by atoms with van der Waals surface area (Å²) in [6, 6.07) is 26.0. The Bertz CT molecular complexity index is 1890. The molecular weight excluding hydrogens is 562 g/mol. The van der Waals surface area contributed by atoms with Gasteiger partial charge in [-0.25, -0.2) is 0 Å². The van der Waals surface area contributed by atoms with Gasteiger partial charge < -0.3 is 4.74 Å². The molecule has 1 aliphatic carbocycles. The fourth-order valence-corrected chi connectivity index (χ4v) is 6.70. The van der Waals surface area contributed by atoms with E-state index in [4.69, 9.17) is 4.74 Å². The van der Waals surface area contributed by atoms with E-state index in [1.54, 1.807) is 0 Å². The average Bonchev–Trinajstić information content (AvgIpc) is 3.23. The molecule has 0 atom stereocenters. The van der Waals surface area contributed by atoms with Crippen molar-refractivity contribution in [2.75, 3.05) is 0 Å². The standard InChI is InChI=1S/C36H24F6O/c1-33(2)29-16-14-24(36(40,41)42)20-28(29)30-27-19-23(35(37,38)39)13-15-25(27)32-26(31(30)33)17-18-34(43-32,21-9-5-3-6-10-21)22-11-7-4-8-12-22/h3-20H,1-2H3. The first-order chi connectivity index (χ1) is 20.3. The van der Waals surface area contributed by atoms with Gasteiger partial charge in [0.15, 0.2) is 5.60 Å². The molecule has 7 rings (SSSR count). The highest BCUT2D eigenvalue weighted by atomic mass is 19.4. The van der Waals surface area contributed by atoms with Crippen LogP contribution < -0.4 is 4.74 Å². The molecular formula is C36H24F6O. The topological polar surface area (TPSA) is 9.23 Å². The van der Waals surface area contributed by atoms with Crippen LogP contribution in [0.5, 0.6) is 5.75 Å². The molecule has 0 spiro atoms. The molecule has 1 heterocycles. The third-order valence-electron chi connectivity index (χ3n) is 8.69. The van der Waals surface area contributed by atoms with Crippen LogP contribution in [-0.2, 0) is 23.4 Å². The number of halogens is 6. The number of fused-ring (bicyclic) bond motifs is 8. The molecule has 0 unspecified atom stereocenters. The number of benzene rings is 5. The Kier molecular flexibility index (Phi) is 5.71. The second kappa shape index (κ2) is 8.99. The molecule has 0 saturated heterocycles. The summed E-state index contributed by atoms with van der Waals surface area (Å²) >= 11 is 0. The Labute approximate surface area is 244 Å². The minimum atomic E-state index is -4.65. The van der Waals surface area contributed by atoms with Crippen LogP contribution >= 0.6 is 0 Å². The number of hydrogen-bond donors (Lipinski definition) is 0. The highest BCUT2D eigenvalue weighted by Gasteiger charge is 2.45. The summed E-state index contributed by atoms with van der Waals surface area (Å²) < 4.78 is 90.7. The van der Waals surface area contributed by atoms with E-state index in [0.717, 1.165) is 35.4 Å². The van der Waals surface area contributed by atoms with Crippen molar-refractivity contribution in [2.45, 2.75) is 37.2 Å². The number of ether oxygens (including phenoxy) is 1. The molecule has 43 heavy (non-hydrogen) atoms. The van der Waals surface area contributed by atoms with Gasteiger partial charge >= 0.3 is 12.4 Å². The van der Waals surface area contributed by atoms with Crippen LogP contribution in [0.1, 0.15) is 52.8 Å². The number of alkyl halides is 6. The molecule has 0 fully saturated rings. The van der Waals surface area contributed by atoms with Gasteiger partial charge in [-0.1, -0.05) is 92.7 Å². The van der Waals surface area contributed by atoms with Crippen LogP contribution in [0.15, 0.2) is 103 Å². The Hall–Kier alpha value is -4.52. The van der Waals surface area contributed by atoms with Crippen LogP contribution in [0.4, 0.5) is 26.3 Å². The van der Waals surface area contributed by atoms with E-state index in [1.165, 1.54) is 12.1 Å². The van der Waals surface area contributed by atoms with E-state index >= 15 is 0 Å². The molecule has 0 N–H and O–H groups in total. The normalized spacial score (nSPS) is 16.4. The van der Waals surface area contributed by atoms with Gasteiger partial charge in [0.2, 0.25) is 0 Å². The molecule has 5 aromatic rings. The van der Waals surface area contributed by atoms with Crippen molar-refractivity contribution in [3.05, 3.63) is 142 Å². The minimum absolute atomic E-state index is 0.194. The van der Waals surface area contributed by atoms with Crippen LogP contribution in [0.2, 0.25) is 0 Å². The zero-order valence-corrected chi connectivity index (χ0v) is 23.1. The van der Waals surface area contributed by atoms with Gasteiger partial charge in [-0.15, -0.1) is 0 Å². The minimum Gasteiger partial charge on any atom is -0.472 e. The van der Waals surface area contributed by atoms with Crippen molar-refractivity contribution in [1.82, 2.24) is 0 Å². The van der Waals surface area contributed by atoms with Gasteiger partial charge in [-0.05, 0) is 58.0 Å². The van der Waals surface area contributed by atoms with Crippen LogP contribution in [-0.4, -0.2) is 0 Å². The Morgan fingerprint density at radius 2 is 1.19 bits per heavy atom. The van der Waals surface area contributed by atoms with Gasteiger partial charge in [0.1, 0.15) is 5.75 Å². The summed E-state index contributed by atoms with van der Waals surface area (Å²) in [7, 11) is 0. The van der Waals surface area contributed by atoms with E-state index in [1.807, 2.05) is 86.7 Å². The maximum Gasteiger partial charge on any atom is 0.416 e. The summed E-state index contributed by atoms with van der Waals surface area (Å²) in [5.41, 5.74) is 0.503. The predicted octanol–water partition coefficient (Wildman–Crippen LogP) is 10.5. The van der Waals surface area contributed by atoms with Crippen molar-refractivity contribution >= 4 is 16.8 Å². The quantitative estimate of drug-likeness (QED) is 0.187. The molecule has 1 nitrogen and oxygen atoms in total. The highest BCUT2D eigenvalue weighted by molar-refractivity contribution is 6.08. The van der Waals surface area contributed by atoms with Gasteiger partial charge in [-0.2, -0.15) is 26.3 Å². The van der Waals surface area contributed by atoms with Gasteiger partial charge in [-0.3, -0.25) is 0 Å². The van der Waals surface area contributed by atoms with E-state index < -0.39 is 34.5 Å². The first kappa shape index (κ1) is 27.3. The maximum absolute atomic E-state index is 14.0. The smallest absolute Gasteiger partial charge is 0.416 e. The first-order valence-corrected chi connectivity index (χ1v) is 13.8. The van der Waals surface area contributed by atoms with Crippen LogP contribution in [0, 0.1) is 0 Å². The Morgan fingerprint density at radius 1 is 0.628 bits per heavy atom. The monoisotopic (exact) mass is 586 g/mol. The number of hydrogen-bond acceptors (Lipinski definition) is 1. The van der Waals surface area contributed by atoms with Gasteiger partial charge in [0, 0.05) is 27.5 Å². The van der Waals surface area contributed by atoms with Gasteiger partial charge in [0.25, 0.3) is 0 Å². The molecule has 0 amide bonds. The summed E-state index contributed by atoms with van der Waals surface area (Å²) in [4.78, 5) is 0. The van der Waals surface area contributed by atoms with Crippen molar-refractivity contribution in [2.24, 2.45) is 0 Å². The second-order valence-electron chi connectivity index (χ2n) is 11.5.